The summed E-state index contributed by atoms with van der Waals surface area (Å²) >= 11 is 11.8. The number of nitrogens with zero attached hydrogens (tertiary/aromatic N) is 2. The molecule has 0 bridgehead atoms. The molecule has 2 aromatic rings. The fourth-order valence-electron chi connectivity index (χ4n) is 2.67. The number of anilines is 2. The highest BCUT2D eigenvalue weighted by atomic mass is 35.5. The minimum Gasteiger partial charge on any atom is -0.482 e. The van der Waals surface area contributed by atoms with E-state index in [0.717, 1.165) is 12.8 Å². The average Bonchev–Trinajstić information content (AvgIpc) is 3.09. The average molecular weight is 381 g/mol. The molecule has 1 fully saturated rings. The first-order valence-corrected chi connectivity index (χ1v) is 8.84. The maximum absolute atomic E-state index is 11.9. The van der Waals surface area contributed by atoms with Crippen LogP contribution in [0, 0.1) is 0 Å². The van der Waals surface area contributed by atoms with E-state index < -0.39 is 0 Å². The predicted octanol–water partition coefficient (Wildman–Crippen LogP) is 4.16. The van der Waals surface area contributed by atoms with Gasteiger partial charge in [0.2, 0.25) is 0 Å². The van der Waals surface area contributed by atoms with Crippen molar-refractivity contribution < 1.29 is 9.53 Å². The Kier molecular flexibility index (Phi) is 5.94. The molecule has 1 amide bonds. The van der Waals surface area contributed by atoms with Crippen molar-refractivity contribution in [1.29, 1.82) is 0 Å². The quantitative estimate of drug-likeness (QED) is 0.786. The van der Waals surface area contributed by atoms with Crippen molar-refractivity contribution in [2.24, 2.45) is 0 Å². The summed E-state index contributed by atoms with van der Waals surface area (Å²) in [5.74, 6) is 1.13. The Balaban J connectivity index is 1.48. The monoisotopic (exact) mass is 380 g/mol. The number of amides is 1. The molecule has 0 saturated heterocycles. The lowest BCUT2D eigenvalue weighted by atomic mass is 10.2. The topological polar surface area (TPSA) is 76.1 Å². The smallest absolute Gasteiger partial charge is 0.263 e. The Morgan fingerprint density at radius 3 is 2.52 bits per heavy atom. The van der Waals surface area contributed by atoms with Crippen LogP contribution in [0.25, 0.3) is 0 Å². The van der Waals surface area contributed by atoms with E-state index in [1.807, 2.05) is 0 Å². The number of ether oxygens (including phenoxy) is 1. The predicted molar refractivity (Wildman–Crippen MR) is 98.5 cm³/mol. The maximum atomic E-state index is 11.9. The van der Waals surface area contributed by atoms with Crippen LogP contribution in [0.15, 0.2) is 30.3 Å². The van der Waals surface area contributed by atoms with Crippen LogP contribution in [0.3, 0.4) is 0 Å². The molecule has 3 rings (SSSR count). The largest absolute Gasteiger partial charge is 0.482 e. The number of halogens is 2. The SMILES string of the molecule is O=C(COc1ccc(Cl)cc1Cl)Nc1ccc(NC2CCCC2)nn1. The highest BCUT2D eigenvalue weighted by molar-refractivity contribution is 6.35. The van der Waals surface area contributed by atoms with Crippen molar-refractivity contribution in [3.8, 4) is 5.75 Å². The van der Waals surface area contributed by atoms with Gasteiger partial charge >= 0.3 is 0 Å². The van der Waals surface area contributed by atoms with Gasteiger partial charge in [0.05, 0.1) is 5.02 Å². The van der Waals surface area contributed by atoms with Gasteiger partial charge in [-0.05, 0) is 43.2 Å². The summed E-state index contributed by atoms with van der Waals surface area (Å²) < 4.78 is 5.38. The van der Waals surface area contributed by atoms with Crippen molar-refractivity contribution >= 4 is 40.7 Å². The molecule has 1 aromatic heterocycles. The van der Waals surface area contributed by atoms with Gasteiger partial charge in [0, 0.05) is 11.1 Å². The van der Waals surface area contributed by atoms with Crippen molar-refractivity contribution in [2.45, 2.75) is 31.7 Å². The number of hydrogen-bond donors (Lipinski definition) is 2. The molecule has 0 radical (unpaired) electrons. The molecule has 0 unspecified atom stereocenters. The molecule has 132 valence electrons. The summed E-state index contributed by atoms with van der Waals surface area (Å²) in [4.78, 5) is 11.9. The van der Waals surface area contributed by atoms with Gasteiger partial charge in [-0.1, -0.05) is 36.0 Å². The van der Waals surface area contributed by atoms with Crippen LogP contribution in [-0.2, 0) is 4.79 Å². The molecule has 0 spiro atoms. The summed E-state index contributed by atoms with van der Waals surface area (Å²) in [6.45, 7) is -0.189. The van der Waals surface area contributed by atoms with Gasteiger partial charge in [-0.25, -0.2) is 0 Å². The Morgan fingerprint density at radius 1 is 1.12 bits per heavy atom. The molecule has 0 aliphatic heterocycles. The third kappa shape index (κ3) is 5.21. The lowest BCUT2D eigenvalue weighted by Gasteiger charge is -2.12. The van der Waals surface area contributed by atoms with Crippen LogP contribution >= 0.6 is 23.2 Å². The van der Waals surface area contributed by atoms with E-state index in [1.54, 1.807) is 30.3 Å². The summed E-state index contributed by atoms with van der Waals surface area (Å²) in [6, 6.07) is 8.78. The van der Waals surface area contributed by atoms with E-state index in [4.69, 9.17) is 27.9 Å². The fraction of sp³-hybridized carbons (Fsp3) is 0.353. The van der Waals surface area contributed by atoms with Crippen LogP contribution < -0.4 is 15.4 Å². The Hall–Kier alpha value is -2.05. The number of carbonyl (C=O) groups is 1. The summed E-state index contributed by atoms with van der Waals surface area (Å²) in [7, 11) is 0. The van der Waals surface area contributed by atoms with E-state index in [-0.39, 0.29) is 12.5 Å². The minimum atomic E-state index is -0.350. The van der Waals surface area contributed by atoms with Crippen molar-refractivity contribution in [1.82, 2.24) is 10.2 Å². The van der Waals surface area contributed by atoms with Crippen LogP contribution in [0.5, 0.6) is 5.75 Å². The number of hydrogen-bond acceptors (Lipinski definition) is 5. The summed E-state index contributed by atoms with van der Waals surface area (Å²) in [5.41, 5.74) is 0. The molecular formula is C17H18Cl2N4O2. The maximum Gasteiger partial charge on any atom is 0.263 e. The van der Waals surface area contributed by atoms with Crippen molar-refractivity contribution in [3.63, 3.8) is 0 Å². The molecule has 1 saturated carbocycles. The van der Waals surface area contributed by atoms with E-state index in [0.29, 0.717) is 33.5 Å². The van der Waals surface area contributed by atoms with Crippen molar-refractivity contribution in [2.75, 3.05) is 17.2 Å². The number of benzene rings is 1. The van der Waals surface area contributed by atoms with Crippen molar-refractivity contribution in [3.05, 3.63) is 40.4 Å². The van der Waals surface area contributed by atoms with Gasteiger partial charge in [-0.3, -0.25) is 4.79 Å². The van der Waals surface area contributed by atoms with Crippen LogP contribution in [0.4, 0.5) is 11.6 Å². The molecule has 1 aliphatic carbocycles. The zero-order chi connectivity index (χ0) is 17.6. The van der Waals surface area contributed by atoms with Crippen LogP contribution in [-0.4, -0.2) is 28.8 Å². The standard InChI is InChI=1S/C17H18Cl2N4O2/c18-11-5-6-14(13(19)9-11)25-10-17(24)21-16-8-7-15(22-23-16)20-12-3-1-2-4-12/h5-9,12H,1-4,10H2,(H,20,22)(H,21,23,24). The first kappa shape index (κ1) is 17.8. The van der Waals surface area contributed by atoms with E-state index in [9.17, 15) is 4.79 Å². The summed E-state index contributed by atoms with van der Waals surface area (Å²) in [5, 5.41) is 14.9. The van der Waals surface area contributed by atoms with Gasteiger partial charge in [0.15, 0.2) is 12.4 Å². The Labute approximate surface area is 155 Å². The number of rotatable bonds is 6. The highest BCUT2D eigenvalue weighted by Crippen LogP contribution is 2.27. The second kappa shape index (κ2) is 8.36. The van der Waals surface area contributed by atoms with E-state index >= 15 is 0 Å². The minimum absolute atomic E-state index is 0.189. The molecule has 0 atom stereocenters. The third-order valence-electron chi connectivity index (χ3n) is 3.89. The summed E-state index contributed by atoms with van der Waals surface area (Å²) in [6.07, 6.45) is 4.81. The normalized spacial score (nSPS) is 14.3. The lowest BCUT2D eigenvalue weighted by molar-refractivity contribution is -0.118. The first-order chi connectivity index (χ1) is 12.1. The molecular weight excluding hydrogens is 363 g/mol. The van der Waals surface area contributed by atoms with Crippen LogP contribution in [0.1, 0.15) is 25.7 Å². The second-order valence-electron chi connectivity index (χ2n) is 5.84. The van der Waals surface area contributed by atoms with Gasteiger partial charge < -0.3 is 15.4 Å². The molecule has 2 N–H and O–H groups in total. The number of carbonyl (C=O) groups excluding carboxylic acids is 1. The molecule has 25 heavy (non-hydrogen) atoms. The van der Waals surface area contributed by atoms with Crippen LogP contribution in [0.2, 0.25) is 10.0 Å². The Morgan fingerprint density at radius 2 is 1.84 bits per heavy atom. The molecule has 8 heteroatoms. The molecule has 1 aromatic carbocycles. The molecule has 1 aliphatic rings. The Bertz CT molecular complexity index is 734. The van der Waals surface area contributed by atoms with E-state index in [1.165, 1.54) is 12.8 Å². The first-order valence-electron chi connectivity index (χ1n) is 8.08. The van der Waals surface area contributed by atoms with E-state index in [2.05, 4.69) is 20.8 Å². The third-order valence-corrected chi connectivity index (χ3v) is 4.42. The zero-order valence-electron chi connectivity index (χ0n) is 13.5. The van der Waals surface area contributed by atoms with Gasteiger partial charge in [0.25, 0.3) is 5.91 Å². The zero-order valence-corrected chi connectivity index (χ0v) is 15.0. The lowest BCUT2D eigenvalue weighted by Crippen LogP contribution is -2.21. The molecule has 1 heterocycles. The number of nitrogens with one attached hydrogen (secondary N) is 2. The number of aromatic nitrogens is 2. The fourth-order valence-corrected chi connectivity index (χ4v) is 3.13. The molecule has 6 nitrogen and oxygen atoms in total. The van der Waals surface area contributed by atoms with Gasteiger partial charge in [0.1, 0.15) is 11.6 Å². The second-order valence-corrected chi connectivity index (χ2v) is 6.68. The van der Waals surface area contributed by atoms with Gasteiger partial charge in [-0.15, -0.1) is 10.2 Å². The van der Waals surface area contributed by atoms with Gasteiger partial charge in [-0.2, -0.15) is 0 Å². The highest BCUT2D eigenvalue weighted by Gasteiger charge is 2.15.